The second kappa shape index (κ2) is 10.2. The molecule has 0 fully saturated rings. The molecule has 0 spiro atoms. The third-order valence-corrected chi connectivity index (χ3v) is 4.53. The van der Waals surface area contributed by atoms with Gasteiger partial charge < -0.3 is 15.5 Å². The number of nitrogens with one attached hydrogen (secondary N) is 3. The van der Waals surface area contributed by atoms with Crippen molar-refractivity contribution < 1.29 is 24.6 Å². The number of hydrogen-bond donors (Lipinski definition) is 5. The summed E-state index contributed by atoms with van der Waals surface area (Å²) in [6.45, 7) is 0. The Balaban J connectivity index is 1.77. The van der Waals surface area contributed by atoms with Gasteiger partial charge in [0.2, 0.25) is 5.91 Å². The standard InChI is InChI=1S/C18H17Br2N3O5/c19-10-1-4-12(5-2-10)21-15(25)7-8-16(26)22-18(28)23-17(27)13-9-11(20)3-6-14(13)24/h1-6,9,15,21,24-25H,7-8H2,(H2,22,23,26,27,28). The number of aromatic hydroxyl groups is 1. The van der Waals surface area contributed by atoms with E-state index in [1.54, 1.807) is 24.3 Å². The molecule has 0 aliphatic rings. The van der Waals surface area contributed by atoms with Crippen LogP contribution in [0.3, 0.4) is 0 Å². The summed E-state index contributed by atoms with van der Waals surface area (Å²) in [7, 11) is 0. The predicted molar refractivity (Wildman–Crippen MR) is 110 cm³/mol. The summed E-state index contributed by atoms with van der Waals surface area (Å²) in [4.78, 5) is 35.6. The minimum absolute atomic E-state index is 0.0511. The molecule has 0 heterocycles. The zero-order valence-electron chi connectivity index (χ0n) is 14.4. The summed E-state index contributed by atoms with van der Waals surface area (Å²) in [6.07, 6.45) is -1.08. The van der Waals surface area contributed by atoms with Crippen LogP contribution in [0.1, 0.15) is 23.2 Å². The van der Waals surface area contributed by atoms with Crippen LogP contribution >= 0.6 is 31.9 Å². The fraction of sp³-hybridized carbons (Fsp3) is 0.167. The van der Waals surface area contributed by atoms with E-state index >= 15 is 0 Å². The van der Waals surface area contributed by atoms with Crippen molar-refractivity contribution in [3.8, 4) is 5.75 Å². The quantitative estimate of drug-likeness (QED) is 0.377. The van der Waals surface area contributed by atoms with Crippen molar-refractivity contribution in [2.45, 2.75) is 19.1 Å². The molecule has 2 aromatic rings. The summed E-state index contributed by atoms with van der Waals surface area (Å²) in [5, 5.41) is 26.3. The molecule has 4 amide bonds. The number of phenolic OH excluding ortho intramolecular Hbond substituents is 1. The molecule has 0 bridgehead atoms. The molecule has 2 aromatic carbocycles. The van der Waals surface area contributed by atoms with E-state index in [2.05, 4.69) is 37.2 Å². The van der Waals surface area contributed by atoms with Crippen molar-refractivity contribution in [3.63, 3.8) is 0 Å². The lowest BCUT2D eigenvalue weighted by Gasteiger charge is -2.14. The number of rotatable bonds is 6. The van der Waals surface area contributed by atoms with Crippen LogP contribution in [0.4, 0.5) is 10.5 Å². The molecule has 0 aliphatic heterocycles. The molecule has 28 heavy (non-hydrogen) atoms. The van der Waals surface area contributed by atoms with Crippen molar-refractivity contribution in [3.05, 3.63) is 57.0 Å². The average molecular weight is 515 g/mol. The Morgan fingerprint density at radius 2 is 1.61 bits per heavy atom. The van der Waals surface area contributed by atoms with E-state index in [1.807, 2.05) is 10.6 Å². The number of phenols is 1. The van der Waals surface area contributed by atoms with Crippen LogP contribution in [-0.4, -0.2) is 34.3 Å². The Morgan fingerprint density at radius 1 is 0.964 bits per heavy atom. The number of anilines is 1. The second-order valence-electron chi connectivity index (χ2n) is 5.70. The van der Waals surface area contributed by atoms with Gasteiger partial charge in [-0.25, -0.2) is 4.79 Å². The number of aliphatic hydroxyl groups is 1. The highest BCUT2D eigenvalue weighted by molar-refractivity contribution is 9.10. The summed E-state index contributed by atoms with van der Waals surface area (Å²) >= 11 is 6.46. The summed E-state index contributed by atoms with van der Waals surface area (Å²) < 4.78 is 1.43. The van der Waals surface area contributed by atoms with Gasteiger partial charge in [0.1, 0.15) is 12.0 Å². The Kier molecular flexibility index (Phi) is 7.97. The molecule has 0 aliphatic carbocycles. The van der Waals surface area contributed by atoms with Crippen LogP contribution in [-0.2, 0) is 4.79 Å². The van der Waals surface area contributed by atoms with E-state index in [9.17, 15) is 24.6 Å². The van der Waals surface area contributed by atoms with E-state index in [-0.39, 0.29) is 24.2 Å². The minimum atomic E-state index is -1.02. The van der Waals surface area contributed by atoms with Crippen molar-refractivity contribution in [1.82, 2.24) is 10.6 Å². The molecular formula is C18H17Br2N3O5. The number of benzene rings is 2. The Morgan fingerprint density at radius 3 is 2.29 bits per heavy atom. The van der Waals surface area contributed by atoms with Crippen molar-refractivity contribution in [2.75, 3.05) is 5.32 Å². The normalized spacial score (nSPS) is 11.4. The maximum absolute atomic E-state index is 12.0. The molecule has 1 unspecified atom stereocenters. The first-order valence-corrected chi connectivity index (χ1v) is 9.67. The molecule has 1 atom stereocenters. The number of carbonyl (C=O) groups is 3. The Bertz CT molecular complexity index is 874. The number of urea groups is 1. The van der Waals surface area contributed by atoms with Crippen LogP contribution in [0.2, 0.25) is 0 Å². The van der Waals surface area contributed by atoms with Gasteiger partial charge in [0, 0.05) is 27.5 Å². The topological polar surface area (TPSA) is 128 Å². The lowest BCUT2D eigenvalue weighted by Crippen LogP contribution is -2.42. The van der Waals surface area contributed by atoms with Crippen molar-refractivity contribution >= 4 is 55.4 Å². The van der Waals surface area contributed by atoms with E-state index in [4.69, 9.17) is 0 Å². The first-order valence-electron chi connectivity index (χ1n) is 8.08. The Hall–Kier alpha value is -2.43. The maximum atomic E-state index is 12.0. The molecule has 5 N–H and O–H groups in total. The third-order valence-electron chi connectivity index (χ3n) is 3.51. The van der Waals surface area contributed by atoms with Gasteiger partial charge in [-0.05, 0) is 42.5 Å². The number of hydrogen-bond acceptors (Lipinski definition) is 6. The van der Waals surface area contributed by atoms with Crippen LogP contribution in [0.5, 0.6) is 5.75 Å². The molecule has 0 radical (unpaired) electrons. The van der Waals surface area contributed by atoms with Gasteiger partial charge in [0.05, 0.1) is 5.56 Å². The largest absolute Gasteiger partial charge is 0.507 e. The monoisotopic (exact) mass is 513 g/mol. The van der Waals surface area contributed by atoms with Gasteiger partial charge in [0.15, 0.2) is 0 Å². The number of halogens is 2. The lowest BCUT2D eigenvalue weighted by molar-refractivity contribution is -0.120. The van der Waals surface area contributed by atoms with Gasteiger partial charge >= 0.3 is 6.03 Å². The SMILES string of the molecule is O=C(CCC(O)Nc1ccc(Br)cc1)NC(=O)NC(=O)c1cc(Br)ccc1O. The second-order valence-corrected chi connectivity index (χ2v) is 7.53. The molecule has 2 rings (SSSR count). The van der Waals surface area contributed by atoms with Crippen LogP contribution < -0.4 is 16.0 Å². The number of aliphatic hydroxyl groups excluding tert-OH is 1. The van der Waals surface area contributed by atoms with E-state index in [0.717, 1.165) is 4.47 Å². The molecule has 10 heteroatoms. The van der Waals surface area contributed by atoms with E-state index in [1.165, 1.54) is 18.2 Å². The highest BCUT2D eigenvalue weighted by Gasteiger charge is 2.17. The van der Waals surface area contributed by atoms with Gasteiger partial charge in [-0.1, -0.05) is 31.9 Å². The fourth-order valence-corrected chi connectivity index (χ4v) is 2.78. The minimum Gasteiger partial charge on any atom is -0.507 e. The molecule has 8 nitrogen and oxygen atoms in total. The number of imide groups is 2. The maximum Gasteiger partial charge on any atom is 0.328 e. The molecule has 0 saturated carbocycles. The summed E-state index contributed by atoms with van der Waals surface area (Å²) in [5.41, 5.74) is 0.555. The van der Waals surface area contributed by atoms with Gasteiger partial charge in [-0.15, -0.1) is 0 Å². The van der Waals surface area contributed by atoms with Crippen molar-refractivity contribution in [2.24, 2.45) is 0 Å². The molecular weight excluding hydrogens is 498 g/mol. The van der Waals surface area contributed by atoms with Crippen LogP contribution in [0.15, 0.2) is 51.4 Å². The predicted octanol–water partition coefficient (Wildman–Crippen LogP) is 3.09. The van der Waals surface area contributed by atoms with Crippen LogP contribution in [0.25, 0.3) is 0 Å². The number of carbonyl (C=O) groups excluding carboxylic acids is 3. The zero-order valence-corrected chi connectivity index (χ0v) is 17.6. The first kappa shape index (κ1) is 21.9. The first-order chi connectivity index (χ1) is 13.2. The van der Waals surface area contributed by atoms with Crippen LogP contribution in [0, 0.1) is 0 Å². The fourth-order valence-electron chi connectivity index (χ4n) is 2.16. The lowest BCUT2D eigenvalue weighted by atomic mass is 10.2. The number of amides is 4. The van der Waals surface area contributed by atoms with Gasteiger partial charge in [0.25, 0.3) is 5.91 Å². The molecule has 0 saturated heterocycles. The van der Waals surface area contributed by atoms with E-state index < -0.39 is 24.1 Å². The molecule has 148 valence electrons. The average Bonchev–Trinajstić information content (AvgIpc) is 2.63. The smallest absolute Gasteiger partial charge is 0.328 e. The molecule has 0 aromatic heterocycles. The van der Waals surface area contributed by atoms with Gasteiger partial charge in [-0.2, -0.15) is 0 Å². The van der Waals surface area contributed by atoms with Gasteiger partial charge in [-0.3, -0.25) is 20.2 Å². The zero-order chi connectivity index (χ0) is 20.7. The summed E-state index contributed by atoms with van der Waals surface area (Å²) in [6, 6.07) is 10.2. The summed E-state index contributed by atoms with van der Waals surface area (Å²) in [5.74, 6) is -1.83. The Labute approximate surface area is 177 Å². The van der Waals surface area contributed by atoms with E-state index in [0.29, 0.717) is 10.2 Å². The third kappa shape index (κ3) is 6.95. The highest BCUT2D eigenvalue weighted by atomic mass is 79.9. The van der Waals surface area contributed by atoms with Crippen molar-refractivity contribution in [1.29, 1.82) is 0 Å². The highest BCUT2D eigenvalue weighted by Crippen LogP contribution is 2.21.